The average molecular weight is 370 g/mol. The molecule has 2 fully saturated rings. The molecular formula is C16H20ClN3OS2. The molecule has 2 aliphatic heterocycles. The van der Waals surface area contributed by atoms with Crippen LogP contribution >= 0.6 is 35.5 Å². The largest absolute Gasteiger partial charge is 0.335 e. The monoisotopic (exact) mass is 369 g/mol. The van der Waals surface area contributed by atoms with Crippen molar-refractivity contribution in [3.63, 3.8) is 0 Å². The minimum absolute atomic E-state index is 0. The van der Waals surface area contributed by atoms with Crippen molar-refractivity contribution < 1.29 is 4.79 Å². The van der Waals surface area contributed by atoms with E-state index in [-0.39, 0.29) is 18.3 Å². The summed E-state index contributed by atoms with van der Waals surface area (Å²) >= 11 is 3.26. The Balaban J connectivity index is 0.00000156. The number of thiazole rings is 1. The molecule has 0 aliphatic carbocycles. The Morgan fingerprint density at radius 2 is 2.13 bits per heavy atom. The number of carbonyl (C=O) groups excluding carboxylic acids is 1. The van der Waals surface area contributed by atoms with E-state index in [1.165, 1.54) is 11.1 Å². The van der Waals surface area contributed by atoms with Gasteiger partial charge in [-0.25, -0.2) is 4.98 Å². The van der Waals surface area contributed by atoms with Gasteiger partial charge in [0.1, 0.15) is 0 Å². The third-order valence-corrected chi connectivity index (χ3v) is 6.70. The fraction of sp³-hybridized carbons (Fsp3) is 0.500. The first-order valence-electron chi connectivity index (χ1n) is 7.81. The number of thioether (sulfide) groups is 1. The molecule has 2 atom stereocenters. The smallest absolute Gasteiger partial charge is 0.233 e. The molecule has 2 bridgehead atoms. The first-order valence-corrected chi connectivity index (χ1v) is 9.62. The van der Waals surface area contributed by atoms with Gasteiger partial charge in [-0.1, -0.05) is 23.9 Å². The number of benzene rings is 1. The van der Waals surface area contributed by atoms with Crippen LogP contribution in [0.3, 0.4) is 0 Å². The molecule has 4 rings (SSSR count). The molecule has 124 valence electrons. The Morgan fingerprint density at radius 1 is 1.30 bits per heavy atom. The van der Waals surface area contributed by atoms with Crippen LogP contribution in [0, 0.1) is 0 Å². The zero-order valence-corrected chi connectivity index (χ0v) is 15.2. The average Bonchev–Trinajstić information content (AvgIpc) is 3.04. The highest BCUT2D eigenvalue weighted by molar-refractivity contribution is 8.01. The maximum absolute atomic E-state index is 12.7. The van der Waals surface area contributed by atoms with Crippen LogP contribution in [0.25, 0.3) is 10.2 Å². The number of aromatic nitrogens is 1. The molecule has 0 spiro atoms. The number of nitrogens with zero attached hydrogens (tertiary/aromatic N) is 2. The van der Waals surface area contributed by atoms with E-state index in [0.717, 1.165) is 35.8 Å². The summed E-state index contributed by atoms with van der Waals surface area (Å²) in [6, 6.07) is 8.99. The molecule has 7 heteroatoms. The molecule has 23 heavy (non-hydrogen) atoms. The molecular weight excluding hydrogens is 350 g/mol. The predicted octanol–water partition coefficient (Wildman–Crippen LogP) is 3.16. The zero-order valence-electron chi connectivity index (χ0n) is 12.7. The van der Waals surface area contributed by atoms with Crippen molar-refractivity contribution in [1.82, 2.24) is 15.2 Å². The second kappa shape index (κ2) is 7.38. The van der Waals surface area contributed by atoms with Crippen LogP contribution in [0.4, 0.5) is 0 Å². The minimum atomic E-state index is 0. The maximum atomic E-state index is 12.7. The van der Waals surface area contributed by atoms with Crippen molar-refractivity contribution in [3.8, 4) is 0 Å². The Kier molecular flexibility index (Phi) is 5.46. The molecule has 0 radical (unpaired) electrons. The molecule has 2 aromatic rings. The summed E-state index contributed by atoms with van der Waals surface area (Å²) in [6.45, 7) is 1.99. The van der Waals surface area contributed by atoms with E-state index in [9.17, 15) is 4.79 Å². The maximum Gasteiger partial charge on any atom is 0.233 e. The normalized spacial score (nSPS) is 23.6. The third kappa shape index (κ3) is 3.50. The fourth-order valence-corrected chi connectivity index (χ4v) is 5.44. The molecule has 2 saturated heterocycles. The lowest BCUT2D eigenvalue weighted by Gasteiger charge is -2.27. The lowest BCUT2D eigenvalue weighted by molar-refractivity contribution is -0.130. The van der Waals surface area contributed by atoms with Crippen molar-refractivity contribution in [2.24, 2.45) is 0 Å². The lowest BCUT2D eigenvalue weighted by Crippen LogP contribution is -2.43. The molecule has 1 aromatic heterocycles. The number of fused-ring (bicyclic) bond motifs is 3. The molecule has 2 aliphatic rings. The predicted molar refractivity (Wildman–Crippen MR) is 98.7 cm³/mol. The molecule has 3 heterocycles. The number of halogens is 1. The highest BCUT2D eigenvalue weighted by Crippen LogP contribution is 2.32. The number of para-hydroxylation sites is 1. The molecule has 1 aromatic carbocycles. The molecule has 1 N–H and O–H groups in total. The summed E-state index contributed by atoms with van der Waals surface area (Å²) in [7, 11) is 0. The topological polar surface area (TPSA) is 45.2 Å². The summed E-state index contributed by atoms with van der Waals surface area (Å²) in [4.78, 5) is 19.4. The summed E-state index contributed by atoms with van der Waals surface area (Å²) in [6.07, 6.45) is 3.41. The van der Waals surface area contributed by atoms with E-state index in [2.05, 4.69) is 21.3 Å². The van der Waals surface area contributed by atoms with Crippen LogP contribution in [0.5, 0.6) is 0 Å². The van der Waals surface area contributed by atoms with Crippen LogP contribution in [0.15, 0.2) is 28.6 Å². The van der Waals surface area contributed by atoms with E-state index in [4.69, 9.17) is 0 Å². The second-order valence-corrected chi connectivity index (χ2v) is 8.17. The fourth-order valence-electron chi connectivity index (χ4n) is 3.50. The molecule has 2 unspecified atom stereocenters. The first kappa shape index (κ1) is 17.0. The van der Waals surface area contributed by atoms with Crippen molar-refractivity contribution in [3.05, 3.63) is 24.3 Å². The van der Waals surface area contributed by atoms with Crippen molar-refractivity contribution >= 4 is 51.6 Å². The van der Waals surface area contributed by atoms with Crippen LogP contribution in [0.2, 0.25) is 0 Å². The Morgan fingerprint density at radius 3 is 3.00 bits per heavy atom. The minimum Gasteiger partial charge on any atom is -0.335 e. The zero-order chi connectivity index (χ0) is 14.9. The van der Waals surface area contributed by atoms with Gasteiger partial charge < -0.3 is 10.2 Å². The van der Waals surface area contributed by atoms with Gasteiger partial charge in [-0.05, 0) is 37.9 Å². The van der Waals surface area contributed by atoms with Crippen molar-refractivity contribution in [2.75, 3.05) is 18.8 Å². The Hall–Kier alpha value is -0.820. The number of hydrogen-bond donors (Lipinski definition) is 1. The number of amides is 1. The van der Waals surface area contributed by atoms with E-state index >= 15 is 0 Å². The molecule has 0 saturated carbocycles. The Bertz CT molecular complexity index is 646. The number of hydrogen-bond acceptors (Lipinski definition) is 5. The van der Waals surface area contributed by atoms with E-state index in [1.807, 2.05) is 18.2 Å². The van der Waals surface area contributed by atoms with Crippen LogP contribution < -0.4 is 5.32 Å². The number of rotatable bonds is 3. The van der Waals surface area contributed by atoms with Gasteiger partial charge in [-0.3, -0.25) is 4.79 Å². The first-order chi connectivity index (χ1) is 10.8. The van der Waals surface area contributed by atoms with E-state index in [1.54, 1.807) is 23.1 Å². The van der Waals surface area contributed by atoms with Gasteiger partial charge in [0.05, 0.1) is 16.0 Å². The standard InChI is InChI=1S/C16H19N3OS2.ClH/c20-15(19-11-5-6-12(19)9-17-8-7-11)10-21-16-18-13-3-1-2-4-14(13)22-16;/h1-4,11-12,17H,5-10H2;1H. The van der Waals surface area contributed by atoms with E-state index in [0.29, 0.717) is 17.8 Å². The highest BCUT2D eigenvalue weighted by atomic mass is 35.5. The van der Waals surface area contributed by atoms with Gasteiger partial charge in [-0.15, -0.1) is 23.7 Å². The quantitative estimate of drug-likeness (QED) is 0.844. The lowest BCUT2D eigenvalue weighted by atomic mass is 10.1. The van der Waals surface area contributed by atoms with Gasteiger partial charge in [0.25, 0.3) is 0 Å². The van der Waals surface area contributed by atoms with Gasteiger partial charge in [-0.2, -0.15) is 0 Å². The Labute approximate surface area is 150 Å². The van der Waals surface area contributed by atoms with Gasteiger partial charge in [0.15, 0.2) is 4.34 Å². The van der Waals surface area contributed by atoms with Crippen LogP contribution in [-0.4, -0.2) is 46.7 Å². The molecule has 4 nitrogen and oxygen atoms in total. The van der Waals surface area contributed by atoms with E-state index < -0.39 is 0 Å². The molecule has 1 amide bonds. The summed E-state index contributed by atoms with van der Waals surface area (Å²) in [5, 5.41) is 3.44. The van der Waals surface area contributed by atoms with Gasteiger partial charge >= 0.3 is 0 Å². The third-order valence-electron chi connectivity index (χ3n) is 4.54. The van der Waals surface area contributed by atoms with Crippen LogP contribution in [-0.2, 0) is 4.79 Å². The highest BCUT2D eigenvalue weighted by Gasteiger charge is 2.37. The van der Waals surface area contributed by atoms with Gasteiger partial charge in [0, 0.05) is 18.6 Å². The number of carbonyl (C=O) groups is 1. The second-order valence-electron chi connectivity index (χ2n) is 5.91. The van der Waals surface area contributed by atoms with Crippen molar-refractivity contribution in [2.45, 2.75) is 35.7 Å². The van der Waals surface area contributed by atoms with Crippen molar-refractivity contribution in [1.29, 1.82) is 0 Å². The number of nitrogens with one attached hydrogen (secondary N) is 1. The van der Waals surface area contributed by atoms with Crippen LogP contribution in [0.1, 0.15) is 19.3 Å². The summed E-state index contributed by atoms with van der Waals surface area (Å²) in [5.74, 6) is 0.785. The summed E-state index contributed by atoms with van der Waals surface area (Å²) < 4.78 is 2.19. The SMILES string of the molecule is Cl.O=C(CSc1nc2ccccc2s1)N1C2CCNCC1CC2. The van der Waals surface area contributed by atoms with Gasteiger partial charge in [0.2, 0.25) is 5.91 Å². The summed E-state index contributed by atoms with van der Waals surface area (Å²) in [5.41, 5.74) is 1.03.